The molecule has 0 aromatic carbocycles. The zero-order chi connectivity index (χ0) is 17.1. The number of aromatic nitrogens is 5. The van der Waals surface area contributed by atoms with Crippen molar-refractivity contribution in [3.63, 3.8) is 0 Å². The van der Waals surface area contributed by atoms with Crippen molar-refractivity contribution < 1.29 is 9.32 Å². The predicted molar refractivity (Wildman–Crippen MR) is 86.7 cm³/mol. The summed E-state index contributed by atoms with van der Waals surface area (Å²) >= 11 is 0. The van der Waals surface area contributed by atoms with E-state index in [-0.39, 0.29) is 5.91 Å². The summed E-state index contributed by atoms with van der Waals surface area (Å²) in [5, 5.41) is 10.8. The average Bonchev–Trinajstić information content (AvgIpc) is 3.19. The van der Waals surface area contributed by atoms with Gasteiger partial charge in [0.05, 0.1) is 17.5 Å². The van der Waals surface area contributed by atoms with Crippen molar-refractivity contribution in [3.8, 4) is 17.3 Å². The molecule has 0 saturated carbocycles. The molecule has 122 valence electrons. The Labute approximate surface area is 138 Å². The van der Waals surface area contributed by atoms with Gasteiger partial charge in [0, 0.05) is 18.3 Å². The second-order valence-corrected chi connectivity index (χ2v) is 5.10. The molecule has 3 aromatic rings. The smallest absolute Gasteiger partial charge is 0.258 e. The van der Waals surface area contributed by atoms with Crippen molar-refractivity contribution in [1.82, 2.24) is 30.2 Å². The van der Waals surface area contributed by atoms with E-state index in [2.05, 4.69) is 32.1 Å². The van der Waals surface area contributed by atoms with Gasteiger partial charge >= 0.3 is 0 Å². The molecule has 0 atom stereocenters. The maximum absolute atomic E-state index is 12.1. The highest BCUT2D eigenvalue weighted by Gasteiger charge is 2.16. The van der Waals surface area contributed by atoms with Gasteiger partial charge in [-0.25, -0.2) is 9.67 Å². The Morgan fingerprint density at radius 1 is 1.46 bits per heavy atom. The van der Waals surface area contributed by atoms with Crippen molar-refractivity contribution in [1.29, 1.82) is 0 Å². The van der Waals surface area contributed by atoms with E-state index in [9.17, 15) is 4.79 Å². The summed E-state index contributed by atoms with van der Waals surface area (Å²) in [5.41, 5.74) is 1.90. The number of hydrogen-bond acceptors (Lipinski definition) is 6. The van der Waals surface area contributed by atoms with Crippen LogP contribution in [0.4, 0.5) is 0 Å². The second kappa shape index (κ2) is 6.45. The minimum atomic E-state index is -0.206. The van der Waals surface area contributed by atoms with Crippen LogP contribution in [0.1, 0.15) is 21.9 Å². The summed E-state index contributed by atoms with van der Waals surface area (Å²) in [5.74, 6) is 1.32. The van der Waals surface area contributed by atoms with Gasteiger partial charge in [-0.2, -0.15) is 10.1 Å². The van der Waals surface area contributed by atoms with Crippen molar-refractivity contribution >= 4 is 5.91 Å². The van der Waals surface area contributed by atoms with Gasteiger partial charge in [-0.1, -0.05) is 11.2 Å². The first-order chi connectivity index (χ1) is 11.6. The van der Waals surface area contributed by atoms with Crippen LogP contribution in [-0.4, -0.2) is 37.4 Å². The Bertz CT molecular complexity index is 896. The number of pyridine rings is 1. The quantitative estimate of drug-likeness (QED) is 0.719. The van der Waals surface area contributed by atoms with Crippen LogP contribution in [0.3, 0.4) is 0 Å². The van der Waals surface area contributed by atoms with Gasteiger partial charge in [-0.15, -0.1) is 6.58 Å². The Balaban J connectivity index is 1.94. The van der Waals surface area contributed by atoms with Crippen LogP contribution in [0, 0.1) is 13.8 Å². The highest BCUT2D eigenvalue weighted by Crippen LogP contribution is 2.20. The Hall–Kier alpha value is -3.29. The van der Waals surface area contributed by atoms with Crippen molar-refractivity contribution in [3.05, 3.63) is 54.3 Å². The highest BCUT2D eigenvalue weighted by molar-refractivity contribution is 5.95. The largest absolute Gasteiger partial charge is 0.348 e. The summed E-state index contributed by atoms with van der Waals surface area (Å²) in [7, 11) is 0. The molecule has 8 nitrogen and oxygen atoms in total. The van der Waals surface area contributed by atoms with E-state index >= 15 is 0 Å². The van der Waals surface area contributed by atoms with E-state index < -0.39 is 0 Å². The molecular weight excluding hydrogens is 308 g/mol. The van der Waals surface area contributed by atoms with E-state index in [4.69, 9.17) is 4.52 Å². The molecule has 0 aliphatic heterocycles. The number of carbonyl (C=O) groups is 1. The summed E-state index contributed by atoms with van der Waals surface area (Å²) in [6.45, 7) is 7.53. The second-order valence-electron chi connectivity index (χ2n) is 5.10. The molecule has 24 heavy (non-hydrogen) atoms. The molecule has 3 aromatic heterocycles. The van der Waals surface area contributed by atoms with Crippen molar-refractivity contribution in [2.75, 3.05) is 6.54 Å². The molecule has 8 heteroatoms. The van der Waals surface area contributed by atoms with Gasteiger partial charge in [0.1, 0.15) is 0 Å². The van der Waals surface area contributed by atoms with E-state index in [0.29, 0.717) is 35.3 Å². The molecule has 3 rings (SSSR count). The van der Waals surface area contributed by atoms with Gasteiger partial charge < -0.3 is 9.84 Å². The van der Waals surface area contributed by atoms with Crippen LogP contribution in [0.5, 0.6) is 0 Å². The summed E-state index contributed by atoms with van der Waals surface area (Å²) in [4.78, 5) is 20.6. The number of nitrogens with one attached hydrogen (secondary N) is 1. The first-order valence-electron chi connectivity index (χ1n) is 7.31. The summed E-state index contributed by atoms with van der Waals surface area (Å²) < 4.78 is 6.76. The van der Waals surface area contributed by atoms with E-state index in [1.807, 2.05) is 0 Å². The molecule has 0 unspecified atom stereocenters. The van der Waals surface area contributed by atoms with E-state index in [1.165, 1.54) is 6.20 Å². The average molecular weight is 324 g/mol. The normalized spacial score (nSPS) is 10.6. The van der Waals surface area contributed by atoms with Gasteiger partial charge in [0.25, 0.3) is 11.8 Å². The summed E-state index contributed by atoms with van der Waals surface area (Å²) in [6.07, 6.45) is 4.76. The van der Waals surface area contributed by atoms with Gasteiger partial charge in [-0.3, -0.25) is 4.79 Å². The molecule has 1 N–H and O–H groups in total. The third-order valence-electron chi connectivity index (χ3n) is 3.40. The number of hydrogen-bond donors (Lipinski definition) is 1. The van der Waals surface area contributed by atoms with Gasteiger partial charge in [0.2, 0.25) is 0 Å². The van der Waals surface area contributed by atoms with Crippen LogP contribution >= 0.6 is 0 Å². The van der Waals surface area contributed by atoms with Crippen molar-refractivity contribution in [2.24, 2.45) is 0 Å². The standard InChI is InChI=1S/C16H16N6O2/c1-4-6-18-15(23)13-9-19-22(10(13)2)14-8-12(5-7-17-14)16-20-11(3)21-24-16/h4-5,7-9H,1,6H2,2-3H3,(H,18,23). The fourth-order valence-electron chi connectivity index (χ4n) is 2.21. The van der Waals surface area contributed by atoms with Crippen LogP contribution in [0.2, 0.25) is 0 Å². The predicted octanol–water partition coefficient (Wildman–Crippen LogP) is 1.85. The molecule has 3 heterocycles. The molecule has 0 bridgehead atoms. The number of amides is 1. The molecule has 0 radical (unpaired) electrons. The molecule has 0 saturated heterocycles. The molecule has 1 amide bonds. The SMILES string of the molecule is C=CCNC(=O)c1cnn(-c2cc(-c3nc(C)no3)ccn2)c1C. The minimum absolute atomic E-state index is 0.206. The van der Waals surface area contributed by atoms with Crippen LogP contribution in [0.25, 0.3) is 17.3 Å². The zero-order valence-electron chi connectivity index (χ0n) is 13.4. The maximum Gasteiger partial charge on any atom is 0.258 e. The van der Waals surface area contributed by atoms with Crippen LogP contribution < -0.4 is 5.32 Å². The number of rotatable bonds is 5. The van der Waals surface area contributed by atoms with Crippen LogP contribution in [0.15, 0.2) is 41.7 Å². The summed E-state index contributed by atoms with van der Waals surface area (Å²) in [6, 6.07) is 3.55. The Morgan fingerprint density at radius 3 is 3.00 bits per heavy atom. The monoisotopic (exact) mass is 324 g/mol. The number of nitrogens with zero attached hydrogens (tertiary/aromatic N) is 5. The lowest BCUT2D eigenvalue weighted by atomic mass is 10.2. The maximum atomic E-state index is 12.1. The topological polar surface area (TPSA) is 98.7 Å². The molecule has 0 fully saturated rings. The molecule has 0 aliphatic carbocycles. The lowest BCUT2D eigenvalue weighted by Gasteiger charge is -2.05. The first kappa shape index (κ1) is 15.6. The first-order valence-corrected chi connectivity index (χ1v) is 7.31. The van der Waals surface area contributed by atoms with E-state index in [0.717, 1.165) is 5.56 Å². The third-order valence-corrected chi connectivity index (χ3v) is 3.40. The molecule has 0 spiro atoms. The molecule has 0 aliphatic rings. The van der Waals surface area contributed by atoms with Gasteiger partial charge in [0.15, 0.2) is 11.6 Å². The van der Waals surface area contributed by atoms with Gasteiger partial charge in [-0.05, 0) is 26.0 Å². The van der Waals surface area contributed by atoms with E-state index in [1.54, 1.807) is 42.9 Å². The number of aryl methyl sites for hydroxylation is 1. The fraction of sp³-hybridized carbons (Fsp3) is 0.188. The minimum Gasteiger partial charge on any atom is -0.348 e. The third kappa shape index (κ3) is 2.94. The fourth-order valence-corrected chi connectivity index (χ4v) is 2.21. The lowest BCUT2D eigenvalue weighted by molar-refractivity contribution is 0.0957. The highest BCUT2D eigenvalue weighted by atomic mass is 16.5. The Morgan fingerprint density at radius 2 is 2.29 bits per heavy atom. The number of carbonyl (C=O) groups excluding carboxylic acids is 1. The zero-order valence-corrected chi connectivity index (χ0v) is 13.4. The Kier molecular flexibility index (Phi) is 4.19. The van der Waals surface area contributed by atoms with Crippen molar-refractivity contribution in [2.45, 2.75) is 13.8 Å². The van der Waals surface area contributed by atoms with Crippen LogP contribution in [-0.2, 0) is 0 Å². The molecular formula is C16H16N6O2. The lowest BCUT2D eigenvalue weighted by Crippen LogP contribution is -2.23.